The predicted molar refractivity (Wildman–Crippen MR) is 67.0 cm³/mol. The van der Waals surface area contributed by atoms with E-state index in [1.54, 1.807) is 6.07 Å². The summed E-state index contributed by atoms with van der Waals surface area (Å²) in [5.41, 5.74) is 4.28. The lowest BCUT2D eigenvalue weighted by Crippen LogP contribution is -2.27. The molecule has 2 rings (SSSR count). The van der Waals surface area contributed by atoms with Crippen LogP contribution in [0.25, 0.3) is 0 Å². The van der Waals surface area contributed by atoms with Crippen LogP contribution in [-0.2, 0) is 6.18 Å². The Balaban J connectivity index is 2.20. The Kier molecular flexibility index (Phi) is 4.19. The molecule has 3 nitrogen and oxygen atoms in total. The minimum atomic E-state index is -4.53. The first kappa shape index (κ1) is 14.7. The summed E-state index contributed by atoms with van der Waals surface area (Å²) < 4.78 is 43.7. The highest BCUT2D eigenvalue weighted by Crippen LogP contribution is 2.35. The van der Waals surface area contributed by atoms with Gasteiger partial charge in [-0.05, 0) is 44.0 Å². The second kappa shape index (κ2) is 5.71. The third-order valence-corrected chi connectivity index (χ3v) is 3.60. The number of benzene rings is 1. The molecular formula is C14H15F3N2O. The number of hydrogen-bond donors (Lipinski definition) is 1. The van der Waals surface area contributed by atoms with Gasteiger partial charge in [0.25, 0.3) is 0 Å². The standard InChI is InChI=1S/C14H15F3N2O/c15-14(16,17)12-5-4-11(6-10(12)8-19)20-13-3-1-2-9(13)7-18/h4-6,9,13H,1-3,7,18H2. The SMILES string of the molecule is N#Cc1cc(OC2CCCC2CN)ccc1C(F)(F)F. The Labute approximate surface area is 115 Å². The van der Waals surface area contributed by atoms with Crippen LogP contribution in [0.1, 0.15) is 30.4 Å². The van der Waals surface area contributed by atoms with Crippen molar-refractivity contribution >= 4 is 0 Å². The molecule has 0 amide bonds. The minimum Gasteiger partial charge on any atom is -0.490 e. The topological polar surface area (TPSA) is 59.0 Å². The highest BCUT2D eigenvalue weighted by molar-refractivity contribution is 5.44. The van der Waals surface area contributed by atoms with Crippen LogP contribution in [0.5, 0.6) is 5.75 Å². The molecule has 108 valence electrons. The zero-order valence-electron chi connectivity index (χ0n) is 10.8. The van der Waals surface area contributed by atoms with Gasteiger partial charge in [0, 0.05) is 5.92 Å². The van der Waals surface area contributed by atoms with E-state index in [0.717, 1.165) is 31.4 Å². The predicted octanol–water partition coefficient (Wildman–Crippen LogP) is 3.08. The van der Waals surface area contributed by atoms with Gasteiger partial charge in [-0.2, -0.15) is 18.4 Å². The third kappa shape index (κ3) is 3.05. The van der Waals surface area contributed by atoms with Crippen molar-refractivity contribution in [2.75, 3.05) is 6.54 Å². The van der Waals surface area contributed by atoms with Crippen molar-refractivity contribution in [1.82, 2.24) is 0 Å². The van der Waals surface area contributed by atoms with Crippen LogP contribution in [0.4, 0.5) is 13.2 Å². The average Bonchev–Trinajstić information content (AvgIpc) is 2.84. The second-order valence-corrected chi connectivity index (χ2v) is 4.90. The average molecular weight is 284 g/mol. The molecule has 0 aliphatic heterocycles. The molecule has 6 heteroatoms. The normalized spacial score (nSPS) is 22.6. The molecule has 1 saturated carbocycles. The van der Waals surface area contributed by atoms with Crippen molar-refractivity contribution in [2.45, 2.75) is 31.5 Å². The van der Waals surface area contributed by atoms with E-state index in [0.29, 0.717) is 12.3 Å². The number of hydrogen-bond acceptors (Lipinski definition) is 3. The molecule has 1 aromatic rings. The first-order valence-electron chi connectivity index (χ1n) is 6.43. The van der Waals surface area contributed by atoms with Crippen LogP contribution >= 0.6 is 0 Å². The first-order valence-corrected chi connectivity index (χ1v) is 6.43. The summed E-state index contributed by atoms with van der Waals surface area (Å²) in [5.74, 6) is 0.516. The van der Waals surface area contributed by atoms with Gasteiger partial charge < -0.3 is 10.5 Å². The maximum atomic E-state index is 12.7. The maximum Gasteiger partial charge on any atom is 0.417 e. The monoisotopic (exact) mass is 284 g/mol. The molecule has 2 atom stereocenters. The molecule has 2 unspecified atom stereocenters. The van der Waals surface area contributed by atoms with Gasteiger partial charge in [-0.25, -0.2) is 0 Å². The molecular weight excluding hydrogens is 269 g/mol. The van der Waals surface area contributed by atoms with Gasteiger partial charge in [-0.3, -0.25) is 0 Å². The fourth-order valence-electron chi connectivity index (χ4n) is 2.54. The minimum absolute atomic E-state index is 0.0803. The van der Waals surface area contributed by atoms with Crippen molar-refractivity contribution in [3.63, 3.8) is 0 Å². The van der Waals surface area contributed by atoms with E-state index in [4.69, 9.17) is 15.7 Å². The highest BCUT2D eigenvalue weighted by Gasteiger charge is 2.34. The van der Waals surface area contributed by atoms with E-state index in [-0.39, 0.29) is 12.0 Å². The van der Waals surface area contributed by atoms with Crippen LogP contribution < -0.4 is 10.5 Å². The zero-order chi connectivity index (χ0) is 14.8. The molecule has 0 bridgehead atoms. The third-order valence-electron chi connectivity index (χ3n) is 3.60. The highest BCUT2D eigenvalue weighted by atomic mass is 19.4. The molecule has 1 aliphatic rings. The molecule has 2 N–H and O–H groups in total. The van der Waals surface area contributed by atoms with Gasteiger partial charge in [0.15, 0.2) is 0 Å². The van der Waals surface area contributed by atoms with E-state index >= 15 is 0 Å². The summed E-state index contributed by atoms with van der Waals surface area (Å²) >= 11 is 0. The molecule has 0 saturated heterocycles. The lowest BCUT2D eigenvalue weighted by Gasteiger charge is -2.20. The molecule has 1 fully saturated rings. The van der Waals surface area contributed by atoms with Crippen LogP contribution in [-0.4, -0.2) is 12.6 Å². The van der Waals surface area contributed by atoms with Crippen LogP contribution in [0.15, 0.2) is 18.2 Å². The lowest BCUT2D eigenvalue weighted by atomic mass is 10.1. The number of nitrogens with zero attached hydrogens (tertiary/aromatic N) is 1. The van der Waals surface area contributed by atoms with Gasteiger partial charge in [-0.15, -0.1) is 0 Å². The number of halogens is 3. The Hall–Kier alpha value is -1.74. The Bertz CT molecular complexity index is 522. The van der Waals surface area contributed by atoms with Crippen molar-refractivity contribution in [3.05, 3.63) is 29.3 Å². The van der Waals surface area contributed by atoms with E-state index in [2.05, 4.69) is 0 Å². The summed E-state index contributed by atoms with van der Waals surface area (Å²) in [5, 5.41) is 8.84. The summed E-state index contributed by atoms with van der Waals surface area (Å²) in [6, 6.07) is 4.86. The molecule has 1 aliphatic carbocycles. The van der Waals surface area contributed by atoms with Crippen LogP contribution in [0.2, 0.25) is 0 Å². The van der Waals surface area contributed by atoms with Gasteiger partial charge in [-0.1, -0.05) is 0 Å². The van der Waals surface area contributed by atoms with Gasteiger partial charge in [0.2, 0.25) is 0 Å². The molecule has 0 spiro atoms. The van der Waals surface area contributed by atoms with Crippen LogP contribution in [0.3, 0.4) is 0 Å². The van der Waals surface area contributed by atoms with Crippen molar-refractivity contribution in [2.24, 2.45) is 11.7 Å². The number of nitriles is 1. The van der Waals surface area contributed by atoms with E-state index < -0.39 is 17.3 Å². The van der Waals surface area contributed by atoms with Crippen molar-refractivity contribution in [3.8, 4) is 11.8 Å². The largest absolute Gasteiger partial charge is 0.490 e. The fourth-order valence-corrected chi connectivity index (χ4v) is 2.54. The molecule has 0 heterocycles. The summed E-state index contributed by atoms with van der Waals surface area (Å²) in [6.45, 7) is 0.496. The molecule has 20 heavy (non-hydrogen) atoms. The zero-order valence-corrected chi connectivity index (χ0v) is 10.8. The number of ether oxygens (including phenoxy) is 1. The van der Waals surface area contributed by atoms with Crippen molar-refractivity contribution < 1.29 is 17.9 Å². The molecule has 0 radical (unpaired) electrons. The Morgan fingerprint density at radius 1 is 1.35 bits per heavy atom. The van der Waals surface area contributed by atoms with E-state index in [1.165, 1.54) is 6.07 Å². The fraction of sp³-hybridized carbons (Fsp3) is 0.500. The van der Waals surface area contributed by atoms with Gasteiger partial charge in [0.1, 0.15) is 11.9 Å². The smallest absolute Gasteiger partial charge is 0.417 e. The van der Waals surface area contributed by atoms with E-state index in [9.17, 15) is 13.2 Å². The maximum absolute atomic E-state index is 12.7. The summed E-state index contributed by atoms with van der Waals surface area (Å²) in [4.78, 5) is 0. The van der Waals surface area contributed by atoms with E-state index in [1.807, 2.05) is 0 Å². The van der Waals surface area contributed by atoms with Gasteiger partial charge >= 0.3 is 6.18 Å². The summed E-state index contributed by atoms with van der Waals surface area (Å²) in [6.07, 6.45) is -1.81. The van der Waals surface area contributed by atoms with Crippen molar-refractivity contribution in [1.29, 1.82) is 5.26 Å². The number of alkyl halides is 3. The summed E-state index contributed by atoms with van der Waals surface area (Å²) in [7, 11) is 0. The number of rotatable bonds is 3. The second-order valence-electron chi connectivity index (χ2n) is 4.90. The van der Waals surface area contributed by atoms with Gasteiger partial charge in [0.05, 0.1) is 17.2 Å². The molecule has 1 aromatic carbocycles. The molecule has 0 aromatic heterocycles. The first-order chi connectivity index (χ1) is 9.45. The number of nitrogens with two attached hydrogens (primary N) is 1. The quantitative estimate of drug-likeness (QED) is 0.928. The Morgan fingerprint density at radius 3 is 2.70 bits per heavy atom. The Morgan fingerprint density at radius 2 is 2.10 bits per heavy atom. The van der Waals surface area contributed by atoms with Crippen LogP contribution in [0, 0.1) is 17.2 Å². The lowest BCUT2D eigenvalue weighted by molar-refractivity contribution is -0.137.